The summed E-state index contributed by atoms with van der Waals surface area (Å²) in [6, 6.07) is 3.58. The van der Waals surface area contributed by atoms with Crippen LogP contribution in [0.25, 0.3) is 0 Å². The topological polar surface area (TPSA) is 50.3 Å². The summed E-state index contributed by atoms with van der Waals surface area (Å²) in [7, 11) is -1.61. The van der Waals surface area contributed by atoms with Gasteiger partial charge in [0.05, 0.1) is 0 Å². The zero-order chi connectivity index (χ0) is 10.6. The molecule has 0 aliphatic heterocycles. The quantitative estimate of drug-likeness (QED) is 0.778. The third-order valence-corrected chi connectivity index (χ3v) is 4.86. The Bertz CT molecular complexity index is 380. The number of hydrogen-bond acceptors (Lipinski definition) is 3. The number of pyridine rings is 1. The molecule has 0 N–H and O–H groups in total. The van der Waals surface area contributed by atoms with E-state index in [4.69, 9.17) is 0 Å². The number of sulfonamides is 1. The van der Waals surface area contributed by atoms with Crippen molar-refractivity contribution in [2.24, 2.45) is 0 Å². The number of aromatic nitrogens is 1. The van der Waals surface area contributed by atoms with Crippen molar-refractivity contribution in [3.8, 4) is 0 Å². The molecule has 0 fully saturated rings. The molecule has 0 saturated heterocycles. The van der Waals surface area contributed by atoms with Gasteiger partial charge in [-0.3, -0.25) is 4.98 Å². The molecule has 0 aliphatic carbocycles. The minimum atomic E-state index is -3.17. The van der Waals surface area contributed by atoms with Crippen molar-refractivity contribution < 1.29 is 8.42 Å². The Morgan fingerprint density at radius 1 is 1.43 bits per heavy atom. The van der Waals surface area contributed by atoms with E-state index in [9.17, 15) is 8.42 Å². The van der Waals surface area contributed by atoms with Crippen molar-refractivity contribution in [1.29, 1.82) is 0 Å². The van der Waals surface area contributed by atoms with Crippen LogP contribution >= 0.6 is 15.9 Å². The first-order valence-corrected chi connectivity index (χ1v) is 6.68. The molecule has 0 atom stereocenters. The molecule has 78 valence electrons. The van der Waals surface area contributed by atoms with Crippen LogP contribution in [0.1, 0.15) is 5.56 Å². The fraction of sp³-hybridized carbons (Fsp3) is 0.375. The van der Waals surface area contributed by atoms with E-state index in [1.54, 1.807) is 31.6 Å². The normalized spacial score (nSPS) is 11.9. The van der Waals surface area contributed by atoms with Crippen LogP contribution in [0.2, 0.25) is 0 Å². The molecule has 1 rings (SSSR count). The Morgan fingerprint density at radius 3 is 2.50 bits per heavy atom. The first-order chi connectivity index (χ1) is 6.56. The maximum atomic E-state index is 11.4. The lowest BCUT2D eigenvalue weighted by molar-refractivity contribution is 0.471. The number of rotatable bonds is 4. The van der Waals surface area contributed by atoms with Crippen molar-refractivity contribution in [3.63, 3.8) is 0 Å². The fourth-order valence-corrected chi connectivity index (χ4v) is 2.49. The van der Waals surface area contributed by atoms with Crippen molar-refractivity contribution in [2.45, 2.75) is 6.54 Å². The summed E-state index contributed by atoms with van der Waals surface area (Å²) in [6.07, 6.45) is 3.29. The molecule has 0 radical (unpaired) electrons. The molecule has 0 amide bonds. The monoisotopic (exact) mass is 278 g/mol. The van der Waals surface area contributed by atoms with E-state index in [0.717, 1.165) is 5.56 Å². The van der Waals surface area contributed by atoms with Crippen LogP contribution in [0.15, 0.2) is 24.5 Å². The Balaban J connectivity index is 2.72. The highest BCUT2D eigenvalue weighted by Gasteiger charge is 2.15. The summed E-state index contributed by atoms with van der Waals surface area (Å²) in [5.74, 6) is 0. The summed E-state index contributed by atoms with van der Waals surface area (Å²) < 4.78 is 24.0. The van der Waals surface area contributed by atoms with Gasteiger partial charge in [-0.1, -0.05) is 15.9 Å². The SMILES string of the molecule is CN(Cc1ccncc1)S(=O)(=O)CBr. The third-order valence-electron chi connectivity index (χ3n) is 1.77. The number of hydrogen-bond donors (Lipinski definition) is 0. The summed E-state index contributed by atoms with van der Waals surface area (Å²) in [5.41, 5.74) is 0.923. The van der Waals surface area contributed by atoms with Gasteiger partial charge >= 0.3 is 0 Å². The Labute approximate surface area is 92.1 Å². The molecule has 1 aromatic rings. The second-order valence-electron chi connectivity index (χ2n) is 2.83. The van der Waals surface area contributed by atoms with Gasteiger partial charge in [0.25, 0.3) is 0 Å². The second-order valence-corrected chi connectivity index (χ2v) is 6.21. The molecule has 0 saturated carbocycles. The van der Waals surface area contributed by atoms with Gasteiger partial charge < -0.3 is 0 Å². The second kappa shape index (κ2) is 4.86. The molecular formula is C8H11BrN2O2S. The maximum Gasteiger partial charge on any atom is 0.224 e. The van der Waals surface area contributed by atoms with E-state index in [1.807, 2.05) is 0 Å². The van der Waals surface area contributed by atoms with E-state index in [0.29, 0.717) is 6.54 Å². The number of alkyl halides is 1. The van der Waals surface area contributed by atoms with Crippen LogP contribution < -0.4 is 0 Å². The molecule has 6 heteroatoms. The zero-order valence-electron chi connectivity index (χ0n) is 7.72. The summed E-state index contributed by atoms with van der Waals surface area (Å²) >= 11 is 2.94. The zero-order valence-corrected chi connectivity index (χ0v) is 10.1. The lowest BCUT2D eigenvalue weighted by Gasteiger charge is -2.14. The van der Waals surface area contributed by atoms with Gasteiger partial charge in [0.2, 0.25) is 10.0 Å². The van der Waals surface area contributed by atoms with Gasteiger partial charge in [0, 0.05) is 26.0 Å². The smallest absolute Gasteiger partial charge is 0.224 e. The van der Waals surface area contributed by atoms with Crippen LogP contribution in [0.3, 0.4) is 0 Å². The molecular weight excluding hydrogens is 268 g/mol. The molecule has 0 bridgehead atoms. The van der Waals surface area contributed by atoms with Crippen LogP contribution in [0, 0.1) is 0 Å². The van der Waals surface area contributed by atoms with Gasteiger partial charge in [-0.25, -0.2) is 8.42 Å². The van der Waals surface area contributed by atoms with E-state index >= 15 is 0 Å². The molecule has 14 heavy (non-hydrogen) atoms. The Kier molecular flexibility index (Phi) is 4.03. The molecule has 0 unspecified atom stereocenters. The van der Waals surface area contributed by atoms with Crippen molar-refractivity contribution >= 4 is 26.0 Å². The van der Waals surface area contributed by atoms with Crippen molar-refractivity contribution in [1.82, 2.24) is 9.29 Å². The number of nitrogens with zero attached hydrogens (tertiary/aromatic N) is 2. The fourth-order valence-electron chi connectivity index (χ4n) is 0.927. The van der Waals surface area contributed by atoms with Gasteiger partial charge in [0.1, 0.15) is 4.66 Å². The predicted octanol–water partition coefficient (Wildman–Crippen LogP) is 1.20. The highest BCUT2D eigenvalue weighted by atomic mass is 79.9. The van der Waals surface area contributed by atoms with Gasteiger partial charge in [-0.2, -0.15) is 4.31 Å². The molecule has 4 nitrogen and oxygen atoms in total. The maximum absolute atomic E-state index is 11.4. The lowest BCUT2D eigenvalue weighted by Crippen LogP contribution is -2.26. The highest BCUT2D eigenvalue weighted by Crippen LogP contribution is 2.07. The van der Waals surface area contributed by atoms with Crippen LogP contribution in [-0.2, 0) is 16.6 Å². The van der Waals surface area contributed by atoms with E-state index in [-0.39, 0.29) is 4.66 Å². The van der Waals surface area contributed by atoms with Crippen molar-refractivity contribution in [3.05, 3.63) is 30.1 Å². The molecule has 1 aromatic heterocycles. The standard InChI is InChI=1S/C8H11BrN2O2S/c1-11(14(12,13)7-9)6-8-2-4-10-5-3-8/h2-5H,6-7H2,1H3. The van der Waals surface area contributed by atoms with E-state index in [1.165, 1.54) is 4.31 Å². The first-order valence-electron chi connectivity index (χ1n) is 3.95. The minimum Gasteiger partial charge on any atom is -0.265 e. The number of halogens is 1. The van der Waals surface area contributed by atoms with Crippen molar-refractivity contribution in [2.75, 3.05) is 11.7 Å². The first kappa shape index (κ1) is 11.6. The highest BCUT2D eigenvalue weighted by molar-refractivity contribution is 9.10. The molecule has 0 aliphatic rings. The van der Waals surface area contributed by atoms with Gasteiger partial charge in [-0.15, -0.1) is 0 Å². The lowest BCUT2D eigenvalue weighted by atomic mass is 10.3. The average molecular weight is 279 g/mol. The minimum absolute atomic E-state index is 0.0540. The van der Waals surface area contributed by atoms with Crippen LogP contribution in [-0.4, -0.2) is 29.4 Å². The Hall–Kier alpha value is -0.460. The van der Waals surface area contributed by atoms with Gasteiger partial charge in [-0.05, 0) is 17.7 Å². The third kappa shape index (κ3) is 3.04. The molecule has 1 heterocycles. The summed E-state index contributed by atoms with van der Waals surface area (Å²) in [4.78, 5) is 3.86. The Morgan fingerprint density at radius 2 is 2.00 bits per heavy atom. The van der Waals surface area contributed by atoms with E-state index in [2.05, 4.69) is 20.9 Å². The van der Waals surface area contributed by atoms with Crippen LogP contribution in [0.5, 0.6) is 0 Å². The van der Waals surface area contributed by atoms with Crippen LogP contribution in [0.4, 0.5) is 0 Å². The average Bonchev–Trinajstić information content (AvgIpc) is 2.19. The van der Waals surface area contributed by atoms with Gasteiger partial charge in [0.15, 0.2) is 0 Å². The van der Waals surface area contributed by atoms with E-state index < -0.39 is 10.0 Å². The predicted molar refractivity (Wildman–Crippen MR) is 58.4 cm³/mol. The largest absolute Gasteiger partial charge is 0.265 e. The molecule has 0 spiro atoms. The molecule has 0 aromatic carbocycles. The summed E-state index contributed by atoms with van der Waals surface area (Å²) in [5, 5.41) is 0. The summed E-state index contributed by atoms with van der Waals surface area (Å²) in [6.45, 7) is 0.371.